The molecule has 0 aromatic rings. The molecule has 31 nitrogen and oxygen atoms in total. The zero-order chi connectivity index (χ0) is 65.6. The van der Waals surface area contributed by atoms with Gasteiger partial charge in [-0.2, -0.15) is 0 Å². The molecule has 1 fully saturated rings. The highest BCUT2D eigenvalue weighted by molar-refractivity contribution is 6.18. The number of alkyl halides is 1. The quantitative estimate of drug-likeness (QED) is 0.0135. The van der Waals surface area contributed by atoms with Gasteiger partial charge in [0, 0.05) is 6.54 Å². The third-order valence-corrected chi connectivity index (χ3v) is 14.1. The van der Waals surface area contributed by atoms with Crippen molar-refractivity contribution in [3.05, 3.63) is 11.8 Å². The van der Waals surface area contributed by atoms with Gasteiger partial charge in [-0.25, -0.2) is 4.79 Å². The molecule has 0 spiro atoms. The minimum atomic E-state index is -2.41. The van der Waals surface area contributed by atoms with Gasteiger partial charge in [-0.1, -0.05) is 84.1 Å². The molecule has 0 radical (unpaired) electrons. The molecule has 1 aliphatic rings. The lowest BCUT2D eigenvalue weighted by atomic mass is 10.0. The first-order valence-electron chi connectivity index (χ1n) is 29.8. The van der Waals surface area contributed by atoms with Gasteiger partial charge in [0.25, 0.3) is 11.8 Å². The average molecular weight is 1260 g/mol. The molecule has 1 heterocycles. The van der Waals surface area contributed by atoms with E-state index in [0.29, 0.717) is 19.3 Å². The van der Waals surface area contributed by atoms with Crippen molar-refractivity contribution < 1.29 is 87.8 Å². The number of halogens is 1. The molecule has 6 unspecified atom stereocenters. The molecule has 0 aromatic carbocycles. The van der Waals surface area contributed by atoms with E-state index in [4.69, 9.17) is 33.5 Å². The van der Waals surface area contributed by atoms with Gasteiger partial charge in [0.05, 0.1) is 37.0 Å². The fraction of sp³-hybridized carbons (Fsp3) is 0.745. The standard InChI is InChI=1S/C55H96ClN13O18/c1-5-8-10-11-12-13-14-15-16-19-32(71)27-40(73)61-38-30-87-55(86)43(39(72)29-56)68-46(77)33(7-3)62-52(83)42(31(4)70)67-49(80)36(22-25-59)65-53(84)44(45(76)54(85)60-26-9-6-2)69-48(79)34(20-17-18-23-57)63-50(81)37(28-41(74)75)66-47(78)35(21-24-58)64-51(38)82/h7,31-32,34-39,42-45,70-72,76H,5-6,8-30,57-59H2,1-4H3,(H,60,85)(H,61,73)(H,62,83)(H,63,81)(H,64,82)(H,65,84)(H,66,78)(H,67,80)(H,68,77)(H,69,79)(H,74,75)/b33-7+/t31-,32+,34?,35?,36-,37-,38?,39+,42?,43?,44?,45-/m0/s1. The number of unbranched alkanes of at least 4 members (excludes halogenated alkanes) is 10. The SMILES string of the molecule is C/C=C1/NC(=O)C([C@H](C)O)NC(=O)[C@H](CCN)NC(=O)C([C@H](O)C(=O)NCCCC)NC(=O)C(CCCCN)NC(=O)[C@H](CC(=O)O)NC(=O)C(CCN)NC(=O)C(NC(=O)C[C@H](O)CCCCCCCCCCC)COC(=O)C([C@H](O)CCl)NC1=O. The maximum Gasteiger partial charge on any atom is 0.331 e. The summed E-state index contributed by atoms with van der Waals surface area (Å²) in [5, 5.41) is 76.5. The summed E-state index contributed by atoms with van der Waals surface area (Å²) in [6.45, 7) is 4.52. The number of nitrogens with one attached hydrogen (secondary N) is 10. The number of hydrogen-bond donors (Lipinski definition) is 18. The molecule has 10 amide bonds. The van der Waals surface area contributed by atoms with Crippen molar-refractivity contribution in [2.45, 2.75) is 222 Å². The van der Waals surface area contributed by atoms with Gasteiger partial charge in [-0.05, 0) is 78.4 Å². The number of hydrogen-bond acceptors (Lipinski definition) is 20. The van der Waals surface area contributed by atoms with Crippen molar-refractivity contribution in [2.24, 2.45) is 17.2 Å². The van der Waals surface area contributed by atoms with E-state index in [9.17, 15) is 83.1 Å². The van der Waals surface area contributed by atoms with E-state index in [1.165, 1.54) is 6.92 Å². The van der Waals surface area contributed by atoms with Gasteiger partial charge in [0.2, 0.25) is 47.3 Å². The molecule has 0 aliphatic carbocycles. The molecular weight excluding hydrogens is 1170 g/mol. The van der Waals surface area contributed by atoms with Crippen molar-refractivity contribution in [1.82, 2.24) is 53.2 Å². The number of cyclic esters (lactones) is 1. The highest BCUT2D eigenvalue weighted by atomic mass is 35.5. The molecule has 1 aliphatic heterocycles. The summed E-state index contributed by atoms with van der Waals surface area (Å²) in [6.07, 6.45) is 1.22. The van der Waals surface area contributed by atoms with E-state index in [1.54, 1.807) is 6.92 Å². The Morgan fingerprint density at radius 3 is 1.68 bits per heavy atom. The zero-order valence-electron chi connectivity index (χ0n) is 50.3. The number of carboxylic acid groups (broad SMARTS) is 1. The molecule has 12 atom stereocenters. The number of amides is 10. The summed E-state index contributed by atoms with van der Waals surface area (Å²) in [6, 6.07) is -15.6. The molecule has 0 saturated carbocycles. The summed E-state index contributed by atoms with van der Waals surface area (Å²) in [5.74, 6) is -16.3. The zero-order valence-corrected chi connectivity index (χ0v) is 51.1. The molecule has 1 saturated heterocycles. The molecule has 21 N–H and O–H groups in total. The summed E-state index contributed by atoms with van der Waals surface area (Å²) < 4.78 is 5.36. The number of allylic oxidation sites excluding steroid dienone is 1. The molecular formula is C55H96ClN13O18. The number of esters is 1. The van der Waals surface area contributed by atoms with Crippen molar-refractivity contribution in [2.75, 3.05) is 38.7 Å². The predicted octanol–water partition coefficient (Wildman–Crippen LogP) is -4.33. The van der Waals surface area contributed by atoms with Gasteiger partial charge in [-0.15, -0.1) is 11.6 Å². The van der Waals surface area contributed by atoms with Crippen LogP contribution < -0.4 is 70.4 Å². The van der Waals surface area contributed by atoms with Gasteiger partial charge in [0.1, 0.15) is 54.6 Å². The van der Waals surface area contributed by atoms with Crippen LogP contribution >= 0.6 is 11.6 Å². The van der Waals surface area contributed by atoms with E-state index >= 15 is 0 Å². The summed E-state index contributed by atoms with van der Waals surface area (Å²) in [5.41, 5.74) is 16.7. The first kappa shape index (κ1) is 78.4. The molecule has 0 aromatic heterocycles. The number of carbonyl (C=O) groups is 12. The van der Waals surface area contributed by atoms with Crippen LogP contribution in [0.2, 0.25) is 0 Å². The lowest BCUT2D eigenvalue weighted by molar-refractivity contribution is -0.153. The van der Waals surface area contributed by atoms with Crippen LogP contribution in [-0.4, -0.2) is 208 Å². The Morgan fingerprint density at radius 2 is 1.14 bits per heavy atom. The Kier molecular flexibility index (Phi) is 39.6. The van der Waals surface area contributed by atoms with E-state index < -0.39 is 188 Å². The number of aliphatic hydroxyl groups is 4. The number of carbonyl (C=O) groups excluding carboxylic acids is 11. The second kappa shape index (κ2) is 43.9. The first-order chi connectivity index (χ1) is 41.3. The van der Waals surface area contributed by atoms with Crippen LogP contribution in [0.4, 0.5) is 0 Å². The fourth-order valence-electron chi connectivity index (χ4n) is 8.73. The number of aliphatic hydroxyl groups excluding tert-OH is 4. The monoisotopic (exact) mass is 1260 g/mol. The van der Waals surface area contributed by atoms with Crippen molar-refractivity contribution in [3.63, 3.8) is 0 Å². The second-order valence-corrected chi connectivity index (χ2v) is 21.5. The average Bonchev–Trinajstić information content (AvgIpc) is 2.61. The van der Waals surface area contributed by atoms with Crippen LogP contribution in [0.15, 0.2) is 11.8 Å². The van der Waals surface area contributed by atoms with Gasteiger partial charge in [-0.3, -0.25) is 52.7 Å². The van der Waals surface area contributed by atoms with Crippen LogP contribution in [0, 0.1) is 0 Å². The van der Waals surface area contributed by atoms with E-state index in [-0.39, 0.29) is 51.9 Å². The summed E-state index contributed by atoms with van der Waals surface area (Å²) in [7, 11) is 0. The van der Waals surface area contributed by atoms with E-state index in [2.05, 4.69) is 60.1 Å². The van der Waals surface area contributed by atoms with E-state index in [1.807, 2.05) is 0 Å². The minimum absolute atomic E-state index is 0.000699. The highest BCUT2D eigenvalue weighted by Crippen LogP contribution is 2.14. The number of rotatable bonds is 31. The van der Waals surface area contributed by atoms with E-state index in [0.717, 1.165) is 64.4 Å². The molecule has 496 valence electrons. The number of ether oxygens (including phenoxy) is 1. The predicted molar refractivity (Wildman–Crippen MR) is 316 cm³/mol. The van der Waals surface area contributed by atoms with Crippen molar-refractivity contribution in [1.29, 1.82) is 0 Å². The molecule has 1 rings (SSSR count). The summed E-state index contributed by atoms with van der Waals surface area (Å²) >= 11 is 5.92. The maximum atomic E-state index is 14.3. The van der Waals surface area contributed by atoms with Crippen LogP contribution in [-0.2, 0) is 62.3 Å². The molecule has 32 heteroatoms. The third kappa shape index (κ3) is 30.2. The number of nitrogens with two attached hydrogens (primary N) is 3. The normalized spacial score (nSPS) is 23.9. The highest BCUT2D eigenvalue weighted by Gasteiger charge is 2.40. The van der Waals surface area contributed by atoms with Gasteiger partial charge in [0.15, 0.2) is 12.1 Å². The minimum Gasteiger partial charge on any atom is -0.481 e. The Balaban J connectivity index is 4.07. The topological polar surface area (TPSA) is 514 Å². The van der Waals surface area contributed by atoms with Gasteiger partial charge < -0.3 is 101 Å². The molecule has 0 bridgehead atoms. The fourth-order valence-corrected chi connectivity index (χ4v) is 8.91. The van der Waals surface area contributed by atoms with Crippen molar-refractivity contribution >= 4 is 82.6 Å². The second-order valence-electron chi connectivity index (χ2n) is 21.2. The lowest BCUT2D eigenvalue weighted by Gasteiger charge is -2.29. The summed E-state index contributed by atoms with van der Waals surface area (Å²) in [4.78, 5) is 165. The number of carboxylic acids is 1. The Bertz CT molecular complexity index is 2270. The Morgan fingerprint density at radius 1 is 0.621 bits per heavy atom. The number of aliphatic carboxylic acids is 1. The van der Waals surface area contributed by atoms with Crippen LogP contribution in [0.5, 0.6) is 0 Å². The van der Waals surface area contributed by atoms with Crippen LogP contribution in [0.3, 0.4) is 0 Å². The van der Waals surface area contributed by atoms with Gasteiger partial charge >= 0.3 is 11.9 Å². The Hall–Kier alpha value is -6.61. The third-order valence-electron chi connectivity index (χ3n) is 13.8. The smallest absolute Gasteiger partial charge is 0.331 e. The maximum absolute atomic E-state index is 14.3. The van der Waals surface area contributed by atoms with Crippen LogP contribution in [0.25, 0.3) is 0 Å². The Labute approximate surface area is 512 Å². The van der Waals surface area contributed by atoms with Crippen LogP contribution in [0.1, 0.15) is 150 Å². The van der Waals surface area contributed by atoms with Crippen molar-refractivity contribution in [3.8, 4) is 0 Å². The molecule has 87 heavy (non-hydrogen) atoms. The first-order valence-corrected chi connectivity index (χ1v) is 30.3. The largest absolute Gasteiger partial charge is 0.481 e. The lowest BCUT2D eigenvalue weighted by Crippen LogP contribution is -2.64.